The molecule has 1 fully saturated rings. The number of nitrogens with zero attached hydrogens (tertiary/aromatic N) is 2. The molecule has 0 aromatic carbocycles. The van der Waals surface area contributed by atoms with Crippen molar-refractivity contribution in [1.29, 1.82) is 0 Å². The highest BCUT2D eigenvalue weighted by atomic mass is 16.5. The maximum absolute atomic E-state index is 13.5. The number of unbranched alkanes of at least 4 members (excludes halogenated alkanes) is 3. The fourth-order valence-corrected chi connectivity index (χ4v) is 4.77. The van der Waals surface area contributed by atoms with E-state index in [2.05, 4.69) is 24.1 Å². The molecule has 162 valence electrons. The number of likely N-dealkylation sites (tertiary alicyclic amines) is 1. The summed E-state index contributed by atoms with van der Waals surface area (Å²) in [5.74, 6) is -0.0910. The van der Waals surface area contributed by atoms with E-state index in [0.29, 0.717) is 13.1 Å². The van der Waals surface area contributed by atoms with Gasteiger partial charge in [-0.05, 0) is 58.0 Å². The molecule has 1 saturated heterocycles. The highest BCUT2D eigenvalue weighted by Gasteiger charge is 2.65. The van der Waals surface area contributed by atoms with E-state index >= 15 is 0 Å². The summed E-state index contributed by atoms with van der Waals surface area (Å²) in [6.07, 6.45) is 10.8. The van der Waals surface area contributed by atoms with E-state index in [1.807, 2.05) is 26.2 Å². The molecule has 0 aromatic heterocycles. The Kier molecular flexibility index (Phi) is 7.17. The minimum Gasteiger partial charge on any atom is -0.354 e. The zero-order chi connectivity index (χ0) is 21.0. The predicted molar refractivity (Wildman–Crippen MR) is 115 cm³/mol. The van der Waals surface area contributed by atoms with Crippen LogP contribution in [0.5, 0.6) is 0 Å². The third kappa shape index (κ3) is 4.15. The van der Waals surface area contributed by atoms with Crippen LogP contribution in [0.1, 0.15) is 58.8 Å². The van der Waals surface area contributed by atoms with E-state index in [1.54, 1.807) is 4.90 Å². The van der Waals surface area contributed by atoms with Crippen molar-refractivity contribution >= 4 is 11.8 Å². The maximum atomic E-state index is 13.5. The van der Waals surface area contributed by atoms with Crippen LogP contribution in [0.2, 0.25) is 0 Å². The predicted octanol–water partition coefficient (Wildman–Crippen LogP) is 2.65. The Balaban J connectivity index is 1.85. The standard InChI is InChI=1S/C23H37N3O3/c1-5-7-9-14-24-21(27)20-23-13-12-18(29-23)17(11-8-6-2)19(23)22(28)26(20)16-10-15-25(3)4/h12-13,18,20H,5-11,14-16H2,1-4H3,(H,24,27)/t18-,20-,23+/m1/s1. The Bertz CT molecular complexity index is 685. The highest BCUT2D eigenvalue weighted by molar-refractivity contribution is 6.07. The molecule has 0 aliphatic carbocycles. The van der Waals surface area contributed by atoms with E-state index < -0.39 is 11.6 Å². The van der Waals surface area contributed by atoms with Gasteiger partial charge in [0.2, 0.25) is 5.91 Å². The van der Waals surface area contributed by atoms with E-state index in [0.717, 1.165) is 62.6 Å². The quantitative estimate of drug-likeness (QED) is 0.402. The van der Waals surface area contributed by atoms with Crippen LogP contribution in [0.4, 0.5) is 0 Å². The van der Waals surface area contributed by atoms with Crippen LogP contribution in [-0.4, -0.2) is 73.1 Å². The molecule has 3 heterocycles. The van der Waals surface area contributed by atoms with Gasteiger partial charge in [-0.15, -0.1) is 0 Å². The first-order valence-corrected chi connectivity index (χ1v) is 11.3. The zero-order valence-corrected chi connectivity index (χ0v) is 18.5. The average molecular weight is 404 g/mol. The van der Waals surface area contributed by atoms with Gasteiger partial charge < -0.3 is 19.9 Å². The molecule has 1 spiro atoms. The van der Waals surface area contributed by atoms with Gasteiger partial charge in [-0.2, -0.15) is 0 Å². The molecular weight excluding hydrogens is 366 g/mol. The molecule has 3 aliphatic rings. The fourth-order valence-electron chi connectivity index (χ4n) is 4.77. The number of ether oxygens (including phenoxy) is 1. The Labute approximate surface area is 175 Å². The number of carbonyl (C=O) groups is 2. The second-order valence-corrected chi connectivity index (χ2v) is 8.75. The molecule has 3 aliphatic heterocycles. The Morgan fingerprint density at radius 2 is 1.97 bits per heavy atom. The monoisotopic (exact) mass is 403 g/mol. The number of fused-ring (bicyclic) bond motifs is 1. The molecule has 3 atom stereocenters. The molecule has 6 heteroatoms. The second-order valence-electron chi connectivity index (χ2n) is 8.75. The van der Waals surface area contributed by atoms with Gasteiger partial charge in [-0.3, -0.25) is 9.59 Å². The minimum atomic E-state index is -0.891. The molecule has 2 bridgehead atoms. The normalized spacial score (nSPS) is 27.5. The van der Waals surface area contributed by atoms with Crippen molar-refractivity contribution in [2.75, 3.05) is 33.7 Å². The van der Waals surface area contributed by atoms with Crippen LogP contribution in [0.15, 0.2) is 23.3 Å². The van der Waals surface area contributed by atoms with E-state index in [4.69, 9.17) is 4.74 Å². The second kappa shape index (κ2) is 9.43. The van der Waals surface area contributed by atoms with Crippen molar-refractivity contribution in [2.45, 2.75) is 76.5 Å². The number of hydrogen-bond donors (Lipinski definition) is 1. The molecular formula is C23H37N3O3. The van der Waals surface area contributed by atoms with Crippen molar-refractivity contribution in [3.63, 3.8) is 0 Å². The van der Waals surface area contributed by atoms with Crippen LogP contribution in [0.3, 0.4) is 0 Å². The molecule has 6 nitrogen and oxygen atoms in total. The van der Waals surface area contributed by atoms with Gasteiger partial charge >= 0.3 is 0 Å². The van der Waals surface area contributed by atoms with Crippen LogP contribution < -0.4 is 5.32 Å². The lowest BCUT2D eigenvalue weighted by atomic mass is 9.83. The lowest BCUT2D eigenvalue weighted by Crippen LogP contribution is -2.54. The van der Waals surface area contributed by atoms with Crippen LogP contribution in [0.25, 0.3) is 0 Å². The van der Waals surface area contributed by atoms with Crippen molar-refractivity contribution in [2.24, 2.45) is 0 Å². The lowest BCUT2D eigenvalue weighted by Gasteiger charge is -2.31. The van der Waals surface area contributed by atoms with Crippen molar-refractivity contribution in [3.8, 4) is 0 Å². The van der Waals surface area contributed by atoms with Crippen LogP contribution >= 0.6 is 0 Å². The maximum Gasteiger partial charge on any atom is 0.254 e. The van der Waals surface area contributed by atoms with Crippen molar-refractivity contribution in [3.05, 3.63) is 23.3 Å². The Hall–Kier alpha value is -1.66. The summed E-state index contributed by atoms with van der Waals surface area (Å²) >= 11 is 0. The lowest BCUT2D eigenvalue weighted by molar-refractivity contribution is -0.138. The summed E-state index contributed by atoms with van der Waals surface area (Å²) in [7, 11) is 4.05. The van der Waals surface area contributed by atoms with Gasteiger partial charge in [-0.25, -0.2) is 0 Å². The van der Waals surface area contributed by atoms with E-state index in [1.165, 1.54) is 0 Å². The molecule has 0 aromatic rings. The van der Waals surface area contributed by atoms with Gasteiger partial charge in [0.05, 0.1) is 11.7 Å². The molecule has 3 rings (SSSR count). The summed E-state index contributed by atoms with van der Waals surface area (Å²) in [6, 6.07) is -0.603. The molecule has 29 heavy (non-hydrogen) atoms. The Morgan fingerprint density at radius 3 is 2.66 bits per heavy atom. The first-order valence-electron chi connectivity index (χ1n) is 11.3. The number of nitrogens with one attached hydrogen (secondary N) is 1. The summed E-state index contributed by atoms with van der Waals surface area (Å²) in [5.41, 5.74) is 0.952. The van der Waals surface area contributed by atoms with Gasteiger partial charge in [-0.1, -0.05) is 39.2 Å². The van der Waals surface area contributed by atoms with Crippen LogP contribution in [-0.2, 0) is 14.3 Å². The molecule has 2 amide bonds. The van der Waals surface area contributed by atoms with Gasteiger partial charge in [0.25, 0.3) is 5.91 Å². The summed E-state index contributed by atoms with van der Waals surface area (Å²) in [4.78, 5) is 30.6. The van der Waals surface area contributed by atoms with E-state index in [-0.39, 0.29) is 17.9 Å². The van der Waals surface area contributed by atoms with Gasteiger partial charge in [0, 0.05) is 13.1 Å². The summed E-state index contributed by atoms with van der Waals surface area (Å²) in [6.45, 7) is 6.39. The first-order chi connectivity index (χ1) is 14.0. The Morgan fingerprint density at radius 1 is 1.21 bits per heavy atom. The van der Waals surface area contributed by atoms with Gasteiger partial charge in [0.1, 0.15) is 11.6 Å². The molecule has 0 saturated carbocycles. The SMILES string of the molecule is CCCCCNC(=O)[C@H]1N(CCCN(C)C)C(=O)C2=C(CCCC)[C@H]3C=C[C@]21O3. The average Bonchev–Trinajstić information content (AvgIpc) is 3.31. The number of hydrogen-bond acceptors (Lipinski definition) is 4. The smallest absolute Gasteiger partial charge is 0.254 e. The number of rotatable bonds is 12. The van der Waals surface area contributed by atoms with Crippen molar-refractivity contribution in [1.82, 2.24) is 15.1 Å². The zero-order valence-electron chi connectivity index (χ0n) is 18.5. The largest absolute Gasteiger partial charge is 0.354 e. The third-order valence-electron chi connectivity index (χ3n) is 6.22. The number of amides is 2. The molecule has 1 N–H and O–H groups in total. The molecule has 0 unspecified atom stereocenters. The minimum absolute atomic E-state index is 0.00424. The summed E-state index contributed by atoms with van der Waals surface area (Å²) in [5, 5.41) is 3.08. The topological polar surface area (TPSA) is 61.9 Å². The molecule has 0 radical (unpaired) electrons. The van der Waals surface area contributed by atoms with Crippen LogP contribution in [0, 0.1) is 0 Å². The van der Waals surface area contributed by atoms with E-state index in [9.17, 15) is 9.59 Å². The summed E-state index contributed by atoms with van der Waals surface area (Å²) < 4.78 is 6.36. The first kappa shape index (κ1) is 22.0. The number of carbonyl (C=O) groups excluding carboxylic acids is 2. The third-order valence-corrected chi connectivity index (χ3v) is 6.22. The fraction of sp³-hybridized carbons (Fsp3) is 0.739. The van der Waals surface area contributed by atoms with Gasteiger partial charge in [0.15, 0.2) is 0 Å². The highest BCUT2D eigenvalue weighted by Crippen LogP contribution is 2.52. The van der Waals surface area contributed by atoms with Crippen molar-refractivity contribution < 1.29 is 14.3 Å².